The summed E-state index contributed by atoms with van der Waals surface area (Å²) in [6.45, 7) is 5.62. The summed E-state index contributed by atoms with van der Waals surface area (Å²) in [4.78, 5) is 2.64. The summed E-state index contributed by atoms with van der Waals surface area (Å²) in [5, 5.41) is 7.17. The van der Waals surface area contributed by atoms with Gasteiger partial charge < -0.3 is 20.3 Å². The lowest BCUT2D eigenvalue weighted by Crippen LogP contribution is -2.40. The standard InChI is InChI=1S/C18H29N3OS/c1-3-16-9-4-5-12-21(16)13-7-11-19-18(23)20-15-8-6-10-17(14-15)22-2/h6,8,10,14,16H,3-5,7,9,11-13H2,1-2H3,(H2,19,20,23)/t16-/m0/s1. The van der Waals surface area contributed by atoms with E-state index in [2.05, 4.69) is 22.5 Å². The van der Waals surface area contributed by atoms with Gasteiger partial charge >= 0.3 is 0 Å². The average Bonchev–Trinajstić information content (AvgIpc) is 2.59. The Morgan fingerprint density at radius 2 is 2.26 bits per heavy atom. The SMILES string of the molecule is CC[C@H]1CCCCN1CCCNC(=S)Nc1cccc(OC)c1. The Bertz CT molecular complexity index is 495. The molecule has 0 amide bonds. The van der Waals surface area contributed by atoms with Gasteiger partial charge in [0, 0.05) is 30.9 Å². The van der Waals surface area contributed by atoms with Crippen LogP contribution in [0.25, 0.3) is 0 Å². The number of rotatable bonds is 7. The van der Waals surface area contributed by atoms with Crippen molar-refractivity contribution in [2.24, 2.45) is 0 Å². The number of ether oxygens (including phenoxy) is 1. The zero-order valence-electron chi connectivity index (χ0n) is 14.3. The Morgan fingerprint density at radius 3 is 3.04 bits per heavy atom. The summed E-state index contributed by atoms with van der Waals surface area (Å²) in [7, 11) is 1.67. The predicted octanol–water partition coefficient (Wildman–Crippen LogP) is 3.64. The molecular formula is C18H29N3OS. The second kappa shape index (κ2) is 9.73. The number of benzene rings is 1. The fourth-order valence-corrected chi connectivity index (χ4v) is 3.40. The first kappa shape index (κ1) is 18.0. The molecule has 23 heavy (non-hydrogen) atoms. The Kier molecular flexibility index (Phi) is 7.62. The molecule has 0 bridgehead atoms. The number of hydrogen-bond acceptors (Lipinski definition) is 3. The van der Waals surface area contributed by atoms with Crippen molar-refractivity contribution >= 4 is 23.0 Å². The first-order chi connectivity index (χ1) is 11.2. The van der Waals surface area contributed by atoms with E-state index in [-0.39, 0.29) is 0 Å². The van der Waals surface area contributed by atoms with Crippen molar-refractivity contribution in [3.05, 3.63) is 24.3 Å². The molecule has 0 unspecified atom stereocenters. The highest BCUT2D eigenvalue weighted by Gasteiger charge is 2.19. The van der Waals surface area contributed by atoms with Gasteiger partial charge in [0.05, 0.1) is 7.11 Å². The van der Waals surface area contributed by atoms with E-state index < -0.39 is 0 Å². The second-order valence-corrected chi connectivity index (χ2v) is 6.47. The van der Waals surface area contributed by atoms with Gasteiger partial charge in [0.2, 0.25) is 0 Å². The van der Waals surface area contributed by atoms with Crippen LogP contribution in [0.3, 0.4) is 0 Å². The van der Waals surface area contributed by atoms with Crippen molar-refractivity contribution < 1.29 is 4.74 Å². The fourth-order valence-electron chi connectivity index (χ4n) is 3.18. The third kappa shape index (κ3) is 5.99. The maximum atomic E-state index is 5.35. The van der Waals surface area contributed by atoms with Gasteiger partial charge in [-0.3, -0.25) is 0 Å². The molecule has 2 N–H and O–H groups in total. The molecule has 1 atom stereocenters. The first-order valence-electron chi connectivity index (χ1n) is 8.66. The number of nitrogens with zero attached hydrogens (tertiary/aromatic N) is 1. The quantitative estimate of drug-likeness (QED) is 0.588. The van der Waals surface area contributed by atoms with E-state index in [0.29, 0.717) is 5.11 Å². The van der Waals surface area contributed by atoms with Crippen molar-refractivity contribution in [2.45, 2.75) is 45.1 Å². The molecule has 0 spiro atoms. The summed E-state index contributed by atoms with van der Waals surface area (Å²) < 4.78 is 5.21. The largest absolute Gasteiger partial charge is 0.497 e. The van der Waals surface area contributed by atoms with Crippen molar-refractivity contribution in [2.75, 3.05) is 32.1 Å². The summed E-state index contributed by atoms with van der Waals surface area (Å²) in [6, 6.07) is 8.57. The first-order valence-corrected chi connectivity index (χ1v) is 9.06. The maximum Gasteiger partial charge on any atom is 0.170 e. The van der Waals surface area contributed by atoms with Crippen molar-refractivity contribution in [1.82, 2.24) is 10.2 Å². The zero-order chi connectivity index (χ0) is 16.5. The molecule has 1 aliphatic heterocycles. The minimum absolute atomic E-state index is 0.670. The van der Waals surface area contributed by atoms with Crippen LogP contribution in [-0.2, 0) is 0 Å². The van der Waals surface area contributed by atoms with Crippen LogP contribution in [0.1, 0.15) is 39.0 Å². The van der Waals surface area contributed by atoms with Gasteiger partial charge in [-0.15, -0.1) is 0 Å². The molecule has 0 aromatic heterocycles. The van der Waals surface area contributed by atoms with Crippen LogP contribution < -0.4 is 15.4 Å². The van der Waals surface area contributed by atoms with Crippen LogP contribution in [0.2, 0.25) is 0 Å². The highest BCUT2D eigenvalue weighted by atomic mass is 32.1. The molecule has 2 rings (SSSR count). The minimum atomic E-state index is 0.670. The van der Waals surface area contributed by atoms with E-state index in [1.165, 1.54) is 32.2 Å². The fraction of sp³-hybridized carbons (Fsp3) is 0.611. The Labute approximate surface area is 145 Å². The number of methoxy groups -OCH3 is 1. The van der Waals surface area contributed by atoms with Gasteiger partial charge in [-0.1, -0.05) is 19.4 Å². The lowest BCUT2D eigenvalue weighted by Gasteiger charge is -2.35. The number of nitrogens with one attached hydrogen (secondary N) is 2. The van der Waals surface area contributed by atoms with Gasteiger partial charge in [-0.25, -0.2) is 0 Å². The van der Waals surface area contributed by atoms with Crippen molar-refractivity contribution in [1.29, 1.82) is 0 Å². The molecule has 5 heteroatoms. The van der Waals surface area contributed by atoms with Gasteiger partial charge in [-0.2, -0.15) is 0 Å². The maximum absolute atomic E-state index is 5.35. The third-order valence-corrected chi connectivity index (χ3v) is 4.70. The Balaban J connectivity index is 1.66. The summed E-state index contributed by atoms with van der Waals surface area (Å²) >= 11 is 5.35. The third-order valence-electron chi connectivity index (χ3n) is 4.46. The minimum Gasteiger partial charge on any atom is -0.497 e. The van der Waals surface area contributed by atoms with Crippen LogP contribution in [-0.4, -0.2) is 42.8 Å². The molecular weight excluding hydrogens is 306 g/mol. The molecule has 1 aromatic carbocycles. The molecule has 128 valence electrons. The molecule has 4 nitrogen and oxygen atoms in total. The number of anilines is 1. The van der Waals surface area contributed by atoms with E-state index >= 15 is 0 Å². The normalized spacial score (nSPS) is 18.4. The second-order valence-electron chi connectivity index (χ2n) is 6.06. The van der Waals surface area contributed by atoms with Crippen LogP contribution in [0.15, 0.2) is 24.3 Å². The van der Waals surface area contributed by atoms with E-state index in [1.54, 1.807) is 7.11 Å². The van der Waals surface area contributed by atoms with Crippen molar-refractivity contribution in [3.8, 4) is 5.75 Å². The predicted molar refractivity (Wildman–Crippen MR) is 101 cm³/mol. The molecule has 1 fully saturated rings. The topological polar surface area (TPSA) is 36.5 Å². The molecule has 1 aliphatic rings. The van der Waals surface area contributed by atoms with Crippen LogP contribution in [0.4, 0.5) is 5.69 Å². The highest BCUT2D eigenvalue weighted by molar-refractivity contribution is 7.80. The number of likely N-dealkylation sites (tertiary alicyclic amines) is 1. The van der Waals surface area contributed by atoms with Crippen LogP contribution in [0.5, 0.6) is 5.75 Å². The summed E-state index contributed by atoms with van der Waals surface area (Å²) in [5.41, 5.74) is 0.948. The summed E-state index contributed by atoms with van der Waals surface area (Å²) in [6.07, 6.45) is 6.49. The smallest absolute Gasteiger partial charge is 0.170 e. The number of hydrogen-bond donors (Lipinski definition) is 2. The van der Waals surface area contributed by atoms with E-state index in [4.69, 9.17) is 17.0 Å². The van der Waals surface area contributed by atoms with E-state index in [9.17, 15) is 0 Å². The molecule has 0 aliphatic carbocycles. The zero-order valence-corrected chi connectivity index (χ0v) is 15.1. The average molecular weight is 336 g/mol. The number of piperidine rings is 1. The monoisotopic (exact) mass is 335 g/mol. The molecule has 1 heterocycles. The van der Waals surface area contributed by atoms with Gasteiger partial charge in [0.1, 0.15) is 5.75 Å². The van der Waals surface area contributed by atoms with Crippen molar-refractivity contribution in [3.63, 3.8) is 0 Å². The Hall–Kier alpha value is -1.33. The van der Waals surface area contributed by atoms with Crippen LogP contribution in [0, 0.1) is 0 Å². The van der Waals surface area contributed by atoms with Gasteiger partial charge in [0.15, 0.2) is 5.11 Å². The lowest BCUT2D eigenvalue weighted by molar-refractivity contribution is 0.143. The van der Waals surface area contributed by atoms with E-state index in [0.717, 1.165) is 37.0 Å². The lowest BCUT2D eigenvalue weighted by atomic mass is 10.00. The molecule has 0 saturated carbocycles. The molecule has 1 aromatic rings. The van der Waals surface area contributed by atoms with E-state index in [1.807, 2.05) is 24.3 Å². The summed E-state index contributed by atoms with van der Waals surface area (Å²) in [5.74, 6) is 0.827. The molecule has 1 saturated heterocycles. The van der Waals surface area contributed by atoms with Crippen LogP contribution >= 0.6 is 12.2 Å². The Morgan fingerprint density at radius 1 is 1.39 bits per heavy atom. The molecule has 0 radical (unpaired) electrons. The highest BCUT2D eigenvalue weighted by Crippen LogP contribution is 2.19. The number of thiocarbonyl (C=S) groups is 1. The van der Waals surface area contributed by atoms with Gasteiger partial charge in [0.25, 0.3) is 0 Å². The van der Waals surface area contributed by atoms with Gasteiger partial charge in [-0.05, 0) is 56.6 Å².